The molecule has 0 N–H and O–H groups in total. The summed E-state index contributed by atoms with van der Waals surface area (Å²) in [6, 6.07) is 7.56. The van der Waals surface area contributed by atoms with E-state index < -0.39 is 17.4 Å². The number of pyridine rings is 1. The van der Waals surface area contributed by atoms with Gasteiger partial charge < -0.3 is 4.42 Å². The van der Waals surface area contributed by atoms with Crippen LogP contribution >= 0.6 is 0 Å². The Morgan fingerprint density at radius 3 is 2.50 bits per heavy atom. The first-order valence-electron chi connectivity index (χ1n) is 5.91. The van der Waals surface area contributed by atoms with Gasteiger partial charge in [-0.05, 0) is 31.2 Å². The molecule has 100 valence electrons. The Kier molecular flexibility index (Phi) is 2.82. The molecule has 0 aliphatic rings. The average molecular weight is 273 g/mol. The van der Waals surface area contributed by atoms with Crippen LogP contribution in [-0.2, 0) is 0 Å². The number of halogens is 2. The Balaban J connectivity index is 2.07. The van der Waals surface area contributed by atoms with E-state index in [-0.39, 0.29) is 11.3 Å². The molecule has 0 fully saturated rings. The minimum absolute atomic E-state index is 0.00287. The largest absolute Gasteiger partial charge is 0.451 e. The monoisotopic (exact) mass is 273 g/mol. The van der Waals surface area contributed by atoms with Crippen molar-refractivity contribution in [2.24, 2.45) is 0 Å². The molecule has 2 aromatic heterocycles. The number of hydrogen-bond donors (Lipinski definition) is 0. The number of furan rings is 1. The molecule has 0 saturated heterocycles. The molecule has 1 aromatic carbocycles. The van der Waals surface area contributed by atoms with E-state index in [2.05, 4.69) is 4.98 Å². The van der Waals surface area contributed by atoms with Gasteiger partial charge in [0.25, 0.3) is 0 Å². The van der Waals surface area contributed by atoms with E-state index in [1.807, 2.05) is 6.92 Å². The summed E-state index contributed by atoms with van der Waals surface area (Å²) >= 11 is 0. The predicted octanol–water partition coefficient (Wildman–Crippen LogP) is 3.65. The van der Waals surface area contributed by atoms with Gasteiger partial charge in [-0.15, -0.1) is 0 Å². The molecule has 3 rings (SSSR count). The van der Waals surface area contributed by atoms with E-state index in [4.69, 9.17) is 4.42 Å². The van der Waals surface area contributed by atoms with Crippen LogP contribution in [0, 0.1) is 18.6 Å². The van der Waals surface area contributed by atoms with Crippen molar-refractivity contribution in [2.45, 2.75) is 6.92 Å². The molecule has 0 aliphatic heterocycles. The van der Waals surface area contributed by atoms with E-state index >= 15 is 0 Å². The summed E-state index contributed by atoms with van der Waals surface area (Å²) in [6.45, 7) is 1.82. The van der Waals surface area contributed by atoms with Gasteiger partial charge in [0.2, 0.25) is 5.78 Å². The second kappa shape index (κ2) is 4.52. The first-order chi connectivity index (χ1) is 9.52. The fraction of sp³-hybridized carbons (Fsp3) is 0.0667. The Labute approximate surface area is 112 Å². The molecule has 0 atom stereocenters. The normalized spacial score (nSPS) is 10.9. The standard InChI is InChI=1S/C15H9F2NO2/c1-8-2-3-13-12(18-8)7-14(20-13)15(19)9-4-10(16)6-11(17)5-9/h2-7H,1H3. The van der Waals surface area contributed by atoms with Gasteiger partial charge in [0.05, 0.1) is 0 Å². The molecule has 0 bridgehead atoms. The van der Waals surface area contributed by atoms with Crippen LogP contribution in [0.5, 0.6) is 0 Å². The number of aromatic nitrogens is 1. The van der Waals surface area contributed by atoms with Crippen LogP contribution in [0.15, 0.2) is 40.8 Å². The van der Waals surface area contributed by atoms with Crippen LogP contribution in [0.25, 0.3) is 11.1 Å². The zero-order chi connectivity index (χ0) is 14.3. The van der Waals surface area contributed by atoms with Crippen LogP contribution in [0.2, 0.25) is 0 Å². The Morgan fingerprint density at radius 2 is 1.80 bits per heavy atom. The molecule has 0 aliphatic carbocycles. The van der Waals surface area contributed by atoms with Crippen LogP contribution in [0.4, 0.5) is 8.78 Å². The van der Waals surface area contributed by atoms with Crippen molar-refractivity contribution in [1.29, 1.82) is 0 Å². The number of fused-ring (bicyclic) bond motifs is 1. The van der Waals surface area contributed by atoms with Crippen molar-refractivity contribution in [3.05, 3.63) is 65.1 Å². The van der Waals surface area contributed by atoms with Gasteiger partial charge in [-0.3, -0.25) is 4.79 Å². The molecule has 0 spiro atoms. The molecule has 20 heavy (non-hydrogen) atoms. The first-order valence-corrected chi connectivity index (χ1v) is 5.91. The summed E-state index contributed by atoms with van der Waals surface area (Å²) in [4.78, 5) is 16.4. The second-order valence-electron chi connectivity index (χ2n) is 4.43. The summed E-state index contributed by atoms with van der Waals surface area (Å²) in [5.41, 5.74) is 1.67. The van der Waals surface area contributed by atoms with Crippen LogP contribution in [0.3, 0.4) is 0 Å². The summed E-state index contributed by atoms with van der Waals surface area (Å²) < 4.78 is 31.6. The van der Waals surface area contributed by atoms with Gasteiger partial charge in [-0.25, -0.2) is 13.8 Å². The number of ketones is 1. The summed E-state index contributed by atoms with van der Waals surface area (Å²) in [7, 11) is 0. The van der Waals surface area contributed by atoms with Crippen molar-refractivity contribution in [1.82, 2.24) is 4.98 Å². The fourth-order valence-corrected chi connectivity index (χ4v) is 1.96. The van der Waals surface area contributed by atoms with Crippen molar-refractivity contribution in [3.8, 4) is 0 Å². The van der Waals surface area contributed by atoms with E-state index in [0.29, 0.717) is 17.2 Å². The van der Waals surface area contributed by atoms with E-state index in [1.165, 1.54) is 6.07 Å². The van der Waals surface area contributed by atoms with E-state index in [9.17, 15) is 13.6 Å². The lowest BCUT2D eigenvalue weighted by Gasteiger charge is -1.98. The maximum absolute atomic E-state index is 13.1. The third-order valence-corrected chi connectivity index (χ3v) is 2.86. The Hall–Kier alpha value is -2.56. The highest BCUT2D eigenvalue weighted by Crippen LogP contribution is 2.21. The third-order valence-electron chi connectivity index (χ3n) is 2.86. The second-order valence-corrected chi connectivity index (χ2v) is 4.43. The Bertz CT molecular complexity index is 804. The van der Waals surface area contributed by atoms with Crippen LogP contribution in [-0.4, -0.2) is 10.8 Å². The van der Waals surface area contributed by atoms with Crippen molar-refractivity contribution in [2.75, 3.05) is 0 Å². The van der Waals surface area contributed by atoms with Gasteiger partial charge in [0.15, 0.2) is 11.3 Å². The number of carbonyl (C=O) groups excluding carboxylic acids is 1. The smallest absolute Gasteiger partial charge is 0.228 e. The number of nitrogens with zero attached hydrogens (tertiary/aromatic N) is 1. The summed E-state index contributed by atoms with van der Waals surface area (Å²) in [5, 5.41) is 0. The molecule has 2 heterocycles. The van der Waals surface area contributed by atoms with E-state index in [1.54, 1.807) is 12.1 Å². The molecule has 0 radical (unpaired) electrons. The molecular formula is C15H9F2NO2. The third kappa shape index (κ3) is 2.18. The number of carbonyl (C=O) groups is 1. The zero-order valence-electron chi connectivity index (χ0n) is 10.5. The van der Waals surface area contributed by atoms with Crippen molar-refractivity contribution >= 4 is 16.9 Å². The molecule has 0 amide bonds. The molecule has 0 saturated carbocycles. The zero-order valence-corrected chi connectivity index (χ0v) is 10.5. The topological polar surface area (TPSA) is 43.1 Å². The fourth-order valence-electron chi connectivity index (χ4n) is 1.96. The minimum atomic E-state index is -0.807. The maximum atomic E-state index is 13.1. The molecule has 5 heteroatoms. The lowest BCUT2D eigenvalue weighted by atomic mass is 10.1. The quantitative estimate of drug-likeness (QED) is 0.669. The first kappa shape index (κ1) is 12.5. The molecule has 3 aromatic rings. The molecule has 3 nitrogen and oxygen atoms in total. The number of rotatable bonds is 2. The Morgan fingerprint density at radius 1 is 1.10 bits per heavy atom. The van der Waals surface area contributed by atoms with Gasteiger partial charge >= 0.3 is 0 Å². The van der Waals surface area contributed by atoms with Gasteiger partial charge in [0, 0.05) is 23.4 Å². The van der Waals surface area contributed by atoms with Crippen LogP contribution < -0.4 is 0 Å². The van der Waals surface area contributed by atoms with Crippen molar-refractivity contribution < 1.29 is 18.0 Å². The lowest BCUT2D eigenvalue weighted by molar-refractivity contribution is 0.101. The maximum Gasteiger partial charge on any atom is 0.228 e. The van der Waals surface area contributed by atoms with Gasteiger partial charge in [0.1, 0.15) is 17.2 Å². The number of benzene rings is 1. The number of aryl methyl sites for hydroxylation is 1. The SMILES string of the molecule is Cc1ccc2oc(C(=O)c3cc(F)cc(F)c3)cc2n1. The van der Waals surface area contributed by atoms with Crippen LogP contribution in [0.1, 0.15) is 21.8 Å². The highest BCUT2D eigenvalue weighted by Gasteiger charge is 2.17. The lowest BCUT2D eigenvalue weighted by Crippen LogP contribution is -2.01. The summed E-state index contributed by atoms with van der Waals surface area (Å²) in [6.07, 6.45) is 0. The van der Waals surface area contributed by atoms with Gasteiger partial charge in [-0.1, -0.05) is 0 Å². The van der Waals surface area contributed by atoms with E-state index in [0.717, 1.165) is 17.8 Å². The molecule has 0 unspecified atom stereocenters. The van der Waals surface area contributed by atoms with Crippen molar-refractivity contribution in [3.63, 3.8) is 0 Å². The highest BCUT2D eigenvalue weighted by molar-refractivity contribution is 6.08. The predicted molar refractivity (Wildman–Crippen MR) is 68.5 cm³/mol. The van der Waals surface area contributed by atoms with Gasteiger partial charge in [-0.2, -0.15) is 0 Å². The summed E-state index contributed by atoms with van der Waals surface area (Å²) in [5.74, 6) is -2.20. The minimum Gasteiger partial charge on any atom is -0.451 e. The average Bonchev–Trinajstić information content (AvgIpc) is 2.79. The number of hydrogen-bond acceptors (Lipinski definition) is 3. The highest BCUT2D eigenvalue weighted by atomic mass is 19.1. The molecular weight excluding hydrogens is 264 g/mol.